The van der Waals surface area contributed by atoms with E-state index in [1.165, 1.54) is 7.11 Å². The smallest absolute Gasteiger partial charge is 0.338 e. The molecule has 3 rings (SSSR count). The third-order valence-electron chi connectivity index (χ3n) is 4.96. The largest absolute Gasteiger partial charge is 0.469 e. The molecular weight excluding hydrogens is 306 g/mol. The lowest BCUT2D eigenvalue weighted by atomic mass is 9.87. The van der Waals surface area contributed by atoms with Gasteiger partial charge >= 0.3 is 11.9 Å². The first kappa shape index (κ1) is 20.2. The van der Waals surface area contributed by atoms with Crippen molar-refractivity contribution < 1.29 is 19.1 Å². The van der Waals surface area contributed by atoms with Crippen LogP contribution in [0.2, 0.25) is 0 Å². The number of methoxy groups -OCH3 is 1. The molecule has 2 aliphatic heterocycles. The molecule has 24 heavy (non-hydrogen) atoms. The van der Waals surface area contributed by atoms with Crippen LogP contribution in [0.15, 0.2) is 30.3 Å². The Hall–Kier alpha value is -1.88. The van der Waals surface area contributed by atoms with Crippen LogP contribution in [0.3, 0.4) is 0 Å². The number of carbonyl (C=O) groups excluding carboxylic acids is 2. The van der Waals surface area contributed by atoms with Gasteiger partial charge < -0.3 is 9.47 Å². The van der Waals surface area contributed by atoms with E-state index in [4.69, 9.17) is 9.47 Å². The van der Waals surface area contributed by atoms with E-state index in [1.807, 2.05) is 13.1 Å². The second-order valence-electron chi connectivity index (χ2n) is 6.06. The number of hydrogen-bond acceptors (Lipinski definition) is 5. The van der Waals surface area contributed by atoms with Gasteiger partial charge in [-0.25, -0.2) is 4.79 Å². The van der Waals surface area contributed by atoms with Crippen molar-refractivity contribution in [1.29, 1.82) is 0 Å². The van der Waals surface area contributed by atoms with Crippen LogP contribution >= 0.6 is 0 Å². The summed E-state index contributed by atoms with van der Waals surface area (Å²) in [5, 5.41) is 0. The molecular formula is C19H29NO4. The van der Waals surface area contributed by atoms with Gasteiger partial charge in [0.1, 0.15) is 12.0 Å². The molecule has 0 aliphatic carbocycles. The zero-order chi connectivity index (χ0) is 15.7. The highest BCUT2D eigenvalue weighted by Crippen LogP contribution is 2.40. The maximum absolute atomic E-state index is 12.3. The highest BCUT2D eigenvalue weighted by atomic mass is 16.6. The standard InChI is InChI=1S/C17H21NO4.2CH4/c1-18-12-8-9-13(18)15(17(20)21-2)14(10-12)22-16(19)11-6-4-3-5-7-11;;/h3-7,12-15H,8-10H2,1-2H3;2*1H4/t12-,13?,14+,15?;;/m1../s1. The molecule has 2 heterocycles. The lowest BCUT2D eigenvalue weighted by molar-refractivity contribution is -0.156. The molecule has 0 amide bonds. The van der Waals surface area contributed by atoms with Crippen LogP contribution in [0, 0.1) is 5.92 Å². The van der Waals surface area contributed by atoms with Gasteiger partial charge in [0.25, 0.3) is 0 Å². The molecule has 0 saturated carbocycles. The molecule has 5 nitrogen and oxygen atoms in total. The van der Waals surface area contributed by atoms with Gasteiger partial charge in [0.15, 0.2) is 0 Å². The average molecular weight is 335 g/mol. The summed E-state index contributed by atoms with van der Waals surface area (Å²) in [7, 11) is 3.42. The van der Waals surface area contributed by atoms with Crippen LogP contribution in [0.25, 0.3) is 0 Å². The van der Waals surface area contributed by atoms with E-state index < -0.39 is 12.0 Å². The molecule has 0 aromatic heterocycles. The number of rotatable bonds is 3. The average Bonchev–Trinajstić information content (AvgIpc) is 2.78. The number of fused-ring (bicyclic) bond motifs is 2. The molecule has 134 valence electrons. The summed E-state index contributed by atoms with van der Waals surface area (Å²) < 4.78 is 10.6. The zero-order valence-electron chi connectivity index (χ0n) is 12.9. The molecule has 5 heteroatoms. The van der Waals surface area contributed by atoms with E-state index in [1.54, 1.807) is 24.3 Å². The van der Waals surface area contributed by atoms with E-state index in [2.05, 4.69) is 4.90 Å². The fourth-order valence-electron chi connectivity index (χ4n) is 3.77. The Morgan fingerprint density at radius 1 is 1.12 bits per heavy atom. The second-order valence-corrected chi connectivity index (χ2v) is 6.06. The number of ether oxygens (including phenoxy) is 2. The summed E-state index contributed by atoms with van der Waals surface area (Å²) >= 11 is 0. The van der Waals surface area contributed by atoms with Crippen LogP contribution in [0.5, 0.6) is 0 Å². The number of hydrogen-bond donors (Lipinski definition) is 0. The summed E-state index contributed by atoms with van der Waals surface area (Å²) in [5.41, 5.74) is 0.511. The van der Waals surface area contributed by atoms with Crippen LogP contribution in [-0.2, 0) is 14.3 Å². The Morgan fingerprint density at radius 3 is 2.42 bits per heavy atom. The Morgan fingerprint density at radius 2 is 1.79 bits per heavy atom. The number of nitrogens with zero attached hydrogens (tertiary/aromatic N) is 1. The molecule has 1 aromatic carbocycles. The minimum Gasteiger partial charge on any atom is -0.469 e. The first-order valence-electron chi connectivity index (χ1n) is 7.67. The van der Waals surface area contributed by atoms with Crippen molar-refractivity contribution in [1.82, 2.24) is 4.90 Å². The summed E-state index contributed by atoms with van der Waals surface area (Å²) in [6.45, 7) is 0. The highest BCUT2D eigenvalue weighted by molar-refractivity contribution is 5.89. The number of piperidine rings is 1. The summed E-state index contributed by atoms with van der Waals surface area (Å²) in [5.74, 6) is -1.06. The molecule has 2 unspecified atom stereocenters. The molecule has 0 spiro atoms. The monoisotopic (exact) mass is 335 g/mol. The highest BCUT2D eigenvalue weighted by Gasteiger charge is 2.50. The molecule has 2 bridgehead atoms. The van der Waals surface area contributed by atoms with Gasteiger partial charge in [0, 0.05) is 18.5 Å². The van der Waals surface area contributed by atoms with Crippen molar-refractivity contribution in [3.05, 3.63) is 35.9 Å². The van der Waals surface area contributed by atoms with Gasteiger partial charge in [0.05, 0.1) is 12.7 Å². The van der Waals surface area contributed by atoms with Crippen molar-refractivity contribution in [2.75, 3.05) is 14.2 Å². The second kappa shape index (κ2) is 8.29. The number of benzene rings is 1. The van der Waals surface area contributed by atoms with Crippen molar-refractivity contribution in [2.24, 2.45) is 5.92 Å². The predicted octanol–water partition coefficient (Wildman–Crippen LogP) is 3.14. The van der Waals surface area contributed by atoms with Gasteiger partial charge in [-0.1, -0.05) is 33.1 Å². The Kier molecular flexibility index (Phi) is 6.96. The summed E-state index contributed by atoms with van der Waals surface area (Å²) in [4.78, 5) is 26.7. The van der Waals surface area contributed by atoms with Gasteiger partial charge in [0.2, 0.25) is 0 Å². The SMILES string of the molecule is C.C.COC(=O)C1C2CC[C@H](C[C@@H]1OC(=O)c1ccccc1)N2C. The summed E-state index contributed by atoms with van der Waals surface area (Å²) in [6, 6.07) is 9.36. The van der Waals surface area contributed by atoms with Crippen molar-refractivity contribution in [3.8, 4) is 0 Å². The maximum Gasteiger partial charge on any atom is 0.338 e. The van der Waals surface area contributed by atoms with Crippen LogP contribution < -0.4 is 0 Å². The van der Waals surface area contributed by atoms with Crippen LogP contribution in [-0.4, -0.2) is 49.2 Å². The molecule has 0 radical (unpaired) electrons. The summed E-state index contributed by atoms with van der Waals surface area (Å²) in [6.07, 6.45) is 2.26. The molecule has 0 N–H and O–H groups in total. The molecule has 2 saturated heterocycles. The van der Waals surface area contributed by atoms with E-state index in [0.717, 1.165) is 12.8 Å². The van der Waals surface area contributed by atoms with E-state index in [9.17, 15) is 9.59 Å². The minimum absolute atomic E-state index is 0. The quantitative estimate of drug-likeness (QED) is 0.794. The number of carbonyl (C=O) groups is 2. The molecule has 2 aliphatic rings. The fraction of sp³-hybridized carbons (Fsp3) is 0.579. The molecule has 2 fully saturated rings. The lowest BCUT2D eigenvalue weighted by Gasteiger charge is -2.40. The zero-order valence-corrected chi connectivity index (χ0v) is 12.9. The topological polar surface area (TPSA) is 55.8 Å². The van der Waals surface area contributed by atoms with Crippen LogP contribution in [0.1, 0.15) is 44.5 Å². The minimum atomic E-state index is -0.408. The van der Waals surface area contributed by atoms with Crippen molar-refractivity contribution in [2.45, 2.75) is 52.3 Å². The first-order valence-corrected chi connectivity index (χ1v) is 7.67. The van der Waals surface area contributed by atoms with Crippen molar-refractivity contribution in [3.63, 3.8) is 0 Å². The Labute approximate surface area is 144 Å². The third-order valence-corrected chi connectivity index (χ3v) is 4.96. The third kappa shape index (κ3) is 3.61. The predicted molar refractivity (Wildman–Crippen MR) is 93.8 cm³/mol. The molecule has 4 atom stereocenters. The van der Waals surface area contributed by atoms with Crippen molar-refractivity contribution >= 4 is 11.9 Å². The normalized spacial score (nSPS) is 28.2. The van der Waals surface area contributed by atoms with E-state index in [0.29, 0.717) is 18.0 Å². The first-order chi connectivity index (χ1) is 10.6. The van der Waals surface area contributed by atoms with Gasteiger partial charge in [-0.3, -0.25) is 9.69 Å². The number of esters is 2. The maximum atomic E-state index is 12.3. The Balaban J connectivity index is 0.00000144. The van der Waals surface area contributed by atoms with Gasteiger partial charge in [-0.2, -0.15) is 0 Å². The van der Waals surface area contributed by atoms with Gasteiger partial charge in [-0.05, 0) is 32.0 Å². The van der Waals surface area contributed by atoms with Gasteiger partial charge in [-0.15, -0.1) is 0 Å². The lowest BCUT2D eigenvalue weighted by Crippen LogP contribution is -2.53. The van der Waals surface area contributed by atoms with Crippen LogP contribution in [0.4, 0.5) is 0 Å². The molecule has 1 aromatic rings. The fourth-order valence-corrected chi connectivity index (χ4v) is 3.77. The van der Waals surface area contributed by atoms with E-state index in [-0.39, 0.29) is 32.8 Å². The Bertz CT molecular complexity index is 560. The van der Waals surface area contributed by atoms with E-state index >= 15 is 0 Å².